The van der Waals surface area contributed by atoms with Crippen LogP contribution in [0.15, 0.2) is 0 Å². The Kier molecular flexibility index (Phi) is 13.9. The minimum Gasteiger partial charge on any atom is -0.453 e. The molecule has 0 aromatic heterocycles. The molecule has 1 saturated heterocycles. The van der Waals surface area contributed by atoms with Gasteiger partial charge in [0.1, 0.15) is 0 Å². The summed E-state index contributed by atoms with van der Waals surface area (Å²) in [6.07, 6.45) is 0. The van der Waals surface area contributed by atoms with E-state index < -0.39 is 0 Å². The zero-order valence-electron chi connectivity index (χ0n) is 8.11. The Balaban J connectivity index is -0.000000270. The summed E-state index contributed by atoms with van der Waals surface area (Å²) < 4.78 is 15.3. The molecule has 62 valence electrons. The van der Waals surface area contributed by atoms with E-state index in [0.29, 0.717) is 0 Å². The molecule has 0 saturated carbocycles. The summed E-state index contributed by atoms with van der Waals surface area (Å²) in [4.78, 5) is 0. The zero-order chi connectivity index (χ0) is 6.85. The van der Waals surface area contributed by atoms with Gasteiger partial charge in [-0.05, 0) is 20.5 Å². The Morgan fingerprint density at radius 1 is 0.750 bits per heavy atom. The van der Waals surface area contributed by atoms with Crippen LogP contribution in [0.3, 0.4) is 0 Å². The number of hydrogen-bond acceptors (Lipinski definition) is 3. The summed E-state index contributed by atoms with van der Waals surface area (Å²) in [5.41, 5.74) is 0. The fraction of sp³-hybridized carbons (Fsp3) is 0.750. The van der Waals surface area contributed by atoms with Crippen LogP contribution in [0, 0.1) is 7.43 Å². The molecule has 8 heteroatoms. The third-order valence-electron chi connectivity index (χ3n) is 1.15. The Bertz CT molecular complexity index is 83.3. The molecule has 0 aliphatic carbocycles. The van der Waals surface area contributed by atoms with Crippen molar-refractivity contribution in [3.8, 4) is 0 Å². The van der Waals surface area contributed by atoms with Gasteiger partial charge in [-0.2, -0.15) is 0 Å². The zero-order valence-corrected chi connectivity index (χ0v) is 10.9. The maximum absolute atomic E-state index is 5.11. The maximum Gasteiger partial charge on any atom is 0.426 e. The van der Waals surface area contributed by atoms with E-state index in [1.807, 2.05) is 20.5 Å². The Labute approximate surface area is 104 Å². The molecule has 0 atom stereocenters. The molecule has 12 heavy (non-hydrogen) atoms. The standard InChI is InChI=1S/C3H9B3O3.CH3.B.Y/c1-4-7-5(2)9-6(3)8-4;;;/h1-3H3;1H3;;/q;-1;;. The molecule has 4 radical (unpaired) electrons. The first-order chi connectivity index (χ1) is 4.18. The molecule has 0 bridgehead atoms. The molecule has 0 unspecified atom stereocenters. The van der Waals surface area contributed by atoms with Gasteiger partial charge in [0.15, 0.2) is 0 Å². The Morgan fingerprint density at radius 3 is 1.08 bits per heavy atom. The smallest absolute Gasteiger partial charge is 0.426 e. The second kappa shape index (κ2) is 8.82. The molecule has 0 amide bonds. The van der Waals surface area contributed by atoms with Crippen molar-refractivity contribution in [1.82, 2.24) is 0 Å². The van der Waals surface area contributed by atoms with Crippen molar-refractivity contribution in [1.29, 1.82) is 0 Å². The number of rotatable bonds is 0. The molecule has 0 aromatic carbocycles. The van der Waals surface area contributed by atoms with Crippen LogP contribution in [0.1, 0.15) is 0 Å². The fourth-order valence-corrected chi connectivity index (χ4v) is 0.906. The van der Waals surface area contributed by atoms with E-state index >= 15 is 0 Å². The van der Waals surface area contributed by atoms with Crippen LogP contribution in [0.4, 0.5) is 0 Å². The van der Waals surface area contributed by atoms with E-state index in [2.05, 4.69) is 0 Å². The summed E-state index contributed by atoms with van der Waals surface area (Å²) in [7, 11) is -0.406. The second-order valence-corrected chi connectivity index (χ2v) is 2.11. The average molecular weight is 240 g/mol. The Morgan fingerprint density at radius 2 is 0.917 bits per heavy atom. The van der Waals surface area contributed by atoms with Gasteiger partial charge < -0.3 is 21.1 Å². The van der Waals surface area contributed by atoms with Crippen LogP contribution in [0.5, 0.6) is 0 Å². The monoisotopic (exact) mass is 241 g/mol. The molecular weight excluding hydrogens is 228 g/mol. The maximum atomic E-state index is 5.11. The summed E-state index contributed by atoms with van der Waals surface area (Å²) in [5, 5.41) is 0. The number of hydrogen-bond donors (Lipinski definition) is 0. The second-order valence-electron chi connectivity index (χ2n) is 2.11. The molecule has 0 aromatic rings. The normalized spacial score (nSPS) is 15.8. The summed E-state index contributed by atoms with van der Waals surface area (Å²) in [6, 6.07) is 0. The van der Waals surface area contributed by atoms with Gasteiger partial charge in [0, 0.05) is 41.1 Å². The molecule has 0 N–H and O–H groups in total. The van der Waals surface area contributed by atoms with Crippen molar-refractivity contribution in [3.63, 3.8) is 0 Å². The van der Waals surface area contributed by atoms with Gasteiger partial charge in [0.25, 0.3) is 0 Å². The van der Waals surface area contributed by atoms with Crippen LogP contribution in [0.2, 0.25) is 20.5 Å². The van der Waals surface area contributed by atoms with Crippen LogP contribution in [-0.4, -0.2) is 29.8 Å². The molecule has 1 rings (SSSR count). The molecular formula is C4H12B4O3Y-. The van der Waals surface area contributed by atoms with Crippen LogP contribution in [0.25, 0.3) is 0 Å². The fourth-order valence-electron chi connectivity index (χ4n) is 0.906. The predicted octanol–water partition coefficient (Wildman–Crippen LogP) is 0.471. The third-order valence-corrected chi connectivity index (χ3v) is 1.15. The molecule has 1 aliphatic heterocycles. The molecule has 1 fully saturated rings. The average Bonchev–Trinajstić information content (AvgIpc) is 1.59. The van der Waals surface area contributed by atoms with E-state index in [1.54, 1.807) is 0 Å². The van der Waals surface area contributed by atoms with Gasteiger partial charge in [0.2, 0.25) is 0 Å². The van der Waals surface area contributed by atoms with E-state index in [9.17, 15) is 0 Å². The molecule has 1 heterocycles. The van der Waals surface area contributed by atoms with Crippen molar-refractivity contribution in [2.24, 2.45) is 0 Å². The van der Waals surface area contributed by atoms with Gasteiger partial charge in [-0.3, -0.25) is 0 Å². The van der Waals surface area contributed by atoms with Gasteiger partial charge in [-0.25, -0.2) is 0 Å². The van der Waals surface area contributed by atoms with Crippen LogP contribution in [-0.2, 0) is 46.4 Å². The first-order valence-electron chi connectivity index (χ1n) is 3.15. The largest absolute Gasteiger partial charge is 0.453 e. The van der Waals surface area contributed by atoms with Crippen molar-refractivity contribution in [2.45, 2.75) is 20.5 Å². The van der Waals surface area contributed by atoms with Gasteiger partial charge in [0.05, 0.1) is 0 Å². The van der Waals surface area contributed by atoms with E-state index in [1.165, 1.54) is 0 Å². The topological polar surface area (TPSA) is 27.7 Å². The first kappa shape index (κ1) is 18.9. The van der Waals surface area contributed by atoms with E-state index in [4.69, 9.17) is 13.7 Å². The van der Waals surface area contributed by atoms with Crippen LogP contribution >= 0.6 is 0 Å². The van der Waals surface area contributed by atoms with Crippen molar-refractivity contribution in [2.75, 3.05) is 0 Å². The third kappa shape index (κ3) is 6.73. The molecule has 1 aliphatic rings. The van der Waals surface area contributed by atoms with Gasteiger partial charge in [-0.1, -0.05) is 0 Å². The van der Waals surface area contributed by atoms with Gasteiger partial charge in [-0.15, -0.1) is 0 Å². The van der Waals surface area contributed by atoms with Crippen LogP contribution < -0.4 is 0 Å². The molecule has 0 spiro atoms. The van der Waals surface area contributed by atoms with Gasteiger partial charge >= 0.3 is 21.4 Å². The summed E-state index contributed by atoms with van der Waals surface area (Å²) >= 11 is 0. The van der Waals surface area contributed by atoms with E-state index in [0.717, 1.165) is 0 Å². The predicted molar refractivity (Wildman–Crippen MR) is 50.3 cm³/mol. The Hall–Kier alpha value is 1.24. The SMILES string of the molecule is CB1OB(C)OB(C)O1.[B].[CH3-].[Y]. The molecule has 3 nitrogen and oxygen atoms in total. The summed E-state index contributed by atoms with van der Waals surface area (Å²) in [6.45, 7) is 5.57. The first-order valence-corrected chi connectivity index (χ1v) is 3.15. The summed E-state index contributed by atoms with van der Waals surface area (Å²) in [5.74, 6) is 0. The van der Waals surface area contributed by atoms with E-state index in [-0.39, 0.29) is 69.9 Å². The quantitative estimate of drug-likeness (QED) is 0.455. The van der Waals surface area contributed by atoms with Crippen molar-refractivity contribution >= 4 is 29.8 Å². The van der Waals surface area contributed by atoms with Crippen molar-refractivity contribution < 1.29 is 46.4 Å². The minimum atomic E-state index is -0.135. The minimum absolute atomic E-state index is 0. The van der Waals surface area contributed by atoms with Crippen molar-refractivity contribution in [3.05, 3.63) is 7.43 Å².